The number of hydrogen-bond acceptors (Lipinski definition) is 6. The number of halogens is 1. The molecule has 152 valence electrons. The van der Waals surface area contributed by atoms with Crippen molar-refractivity contribution in [3.05, 3.63) is 58.1 Å². The summed E-state index contributed by atoms with van der Waals surface area (Å²) in [6.45, 7) is 6.96. The van der Waals surface area contributed by atoms with Gasteiger partial charge in [-0.15, -0.1) is 0 Å². The van der Waals surface area contributed by atoms with Crippen LogP contribution in [-0.4, -0.2) is 53.2 Å². The van der Waals surface area contributed by atoms with E-state index < -0.39 is 5.97 Å². The number of aromatic nitrogens is 3. The Morgan fingerprint density at radius 1 is 1.31 bits per heavy atom. The Balaban J connectivity index is 1.81. The van der Waals surface area contributed by atoms with Crippen molar-refractivity contribution in [3.8, 4) is 0 Å². The number of carbonyl (C=O) groups excluding carboxylic acids is 1. The lowest BCUT2D eigenvalue weighted by atomic mass is 10.0. The van der Waals surface area contributed by atoms with Crippen LogP contribution in [0.15, 0.2) is 30.6 Å². The van der Waals surface area contributed by atoms with Crippen LogP contribution in [0.2, 0.25) is 5.02 Å². The quantitative estimate of drug-likeness (QED) is 0.597. The molecule has 3 aromatic rings. The van der Waals surface area contributed by atoms with Gasteiger partial charge in [-0.3, -0.25) is 4.40 Å². The number of ether oxygens (including phenoxy) is 2. The topological polar surface area (TPSA) is 69.0 Å². The largest absolute Gasteiger partial charge is 0.461 e. The van der Waals surface area contributed by atoms with E-state index in [1.54, 1.807) is 13.1 Å². The first-order chi connectivity index (χ1) is 14.1. The highest BCUT2D eigenvalue weighted by molar-refractivity contribution is 6.31. The van der Waals surface area contributed by atoms with Gasteiger partial charge in [0, 0.05) is 24.5 Å². The Morgan fingerprint density at radius 2 is 2.10 bits per heavy atom. The number of morpholine rings is 1. The van der Waals surface area contributed by atoms with Crippen molar-refractivity contribution >= 4 is 29.0 Å². The van der Waals surface area contributed by atoms with Gasteiger partial charge in [0.25, 0.3) is 0 Å². The number of fused-ring (bicyclic) bond motifs is 1. The van der Waals surface area contributed by atoms with Crippen molar-refractivity contribution in [2.75, 3.05) is 37.8 Å². The normalized spacial score (nSPS) is 14.4. The van der Waals surface area contributed by atoms with Crippen molar-refractivity contribution in [3.63, 3.8) is 0 Å². The molecular formula is C21H23ClN4O3. The summed E-state index contributed by atoms with van der Waals surface area (Å²) in [6, 6.07) is 5.79. The fourth-order valence-electron chi connectivity index (χ4n) is 3.50. The molecule has 0 atom stereocenters. The zero-order valence-corrected chi connectivity index (χ0v) is 17.3. The first kappa shape index (κ1) is 19.7. The number of anilines is 1. The third kappa shape index (κ3) is 3.93. The molecule has 0 aliphatic carbocycles. The third-order valence-corrected chi connectivity index (χ3v) is 5.55. The lowest BCUT2D eigenvalue weighted by molar-refractivity contribution is 0.0519. The SMILES string of the molecule is CCOC(=O)c1nc2cnc(N3CCOCC3)cn2c1Cc1cccc(Cl)c1C. The highest BCUT2D eigenvalue weighted by Gasteiger charge is 2.23. The summed E-state index contributed by atoms with van der Waals surface area (Å²) in [7, 11) is 0. The van der Waals surface area contributed by atoms with Crippen molar-refractivity contribution in [1.29, 1.82) is 0 Å². The second kappa shape index (κ2) is 8.39. The van der Waals surface area contributed by atoms with E-state index in [2.05, 4.69) is 14.9 Å². The highest BCUT2D eigenvalue weighted by Crippen LogP contribution is 2.25. The van der Waals surface area contributed by atoms with Gasteiger partial charge in [0.2, 0.25) is 0 Å². The zero-order valence-electron chi connectivity index (χ0n) is 16.5. The second-order valence-electron chi connectivity index (χ2n) is 6.90. The summed E-state index contributed by atoms with van der Waals surface area (Å²) in [5.41, 5.74) is 3.71. The van der Waals surface area contributed by atoms with Gasteiger partial charge >= 0.3 is 5.97 Å². The van der Waals surface area contributed by atoms with Crippen LogP contribution in [0.4, 0.5) is 5.82 Å². The van der Waals surface area contributed by atoms with Crippen LogP contribution < -0.4 is 4.90 Å². The molecule has 0 spiro atoms. The summed E-state index contributed by atoms with van der Waals surface area (Å²) >= 11 is 6.31. The Bertz CT molecular complexity index is 1040. The van der Waals surface area contributed by atoms with E-state index in [9.17, 15) is 4.79 Å². The lowest BCUT2D eigenvalue weighted by Gasteiger charge is -2.27. The van der Waals surface area contributed by atoms with Gasteiger partial charge in [0.05, 0.1) is 37.9 Å². The smallest absolute Gasteiger partial charge is 0.358 e. The minimum absolute atomic E-state index is 0.291. The van der Waals surface area contributed by atoms with Crippen LogP contribution in [0, 0.1) is 6.92 Å². The van der Waals surface area contributed by atoms with Crippen molar-refractivity contribution in [2.45, 2.75) is 20.3 Å². The molecule has 0 saturated carbocycles. The lowest BCUT2D eigenvalue weighted by Crippen LogP contribution is -2.36. The fourth-order valence-corrected chi connectivity index (χ4v) is 3.70. The molecule has 0 amide bonds. The predicted molar refractivity (Wildman–Crippen MR) is 111 cm³/mol. The number of benzene rings is 1. The molecule has 0 bridgehead atoms. The molecule has 8 heteroatoms. The van der Waals surface area contributed by atoms with Gasteiger partial charge in [0.1, 0.15) is 5.82 Å². The van der Waals surface area contributed by atoms with Gasteiger partial charge in [-0.05, 0) is 31.0 Å². The van der Waals surface area contributed by atoms with E-state index in [-0.39, 0.29) is 0 Å². The Hall–Kier alpha value is -2.64. The van der Waals surface area contributed by atoms with Crippen LogP contribution in [0.1, 0.15) is 34.2 Å². The van der Waals surface area contributed by atoms with Crippen LogP contribution in [0.5, 0.6) is 0 Å². The second-order valence-corrected chi connectivity index (χ2v) is 7.31. The molecule has 0 unspecified atom stereocenters. The maximum absolute atomic E-state index is 12.6. The van der Waals surface area contributed by atoms with Crippen LogP contribution in [0.25, 0.3) is 5.65 Å². The summed E-state index contributed by atoms with van der Waals surface area (Å²) < 4.78 is 12.6. The highest BCUT2D eigenvalue weighted by atomic mass is 35.5. The van der Waals surface area contributed by atoms with E-state index in [0.717, 1.165) is 35.7 Å². The number of imidazole rings is 1. The minimum Gasteiger partial charge on any atom is -0.461 e. The molecule has 0 radical (unpaired) electrons. The van der Waals surface area contributed by atoms with Gasteiger partial charge in [0.15, 0.2) is 11.3 Å². The molecule has 29 heavy (non-hydrogen) atoms. The molecule has 2 aromatic heterocycles. The van der Waals surface area contributed by atoms with Crippen LogP contribution in [-0.2, 0) is 15.9 Å². The Kier molecular flexibility index (Phi) is 5.69. The molecule has 7 nitrogen and oxygen atoms in total. The molecule has 4 rings (SSSR count). The Morgan fingerprint density at radius 3 is 2.86 bits per heavy atom. The number of rotatable bonds is 5. The monoisotopic (exact) mass is 414 g/mol. The van der Waals surface area contributed by atoms with E-state index in [4.69, 9.17) is 21.1 Å². The van der Waals surface area contributed by atoms with Gasteiger partial charge in [-0.2, -0.15) is 0 Å². The number of hydrogen-bond donors (Lipinski definition) is 0. The van der Waals surface area contributed by atoms with E-state index >= 15 is 0 Å². The molecule has 1 aliphatic rings. The minimum atomic E-state index is -0.432. The predicted octanol–water partition coefficient (Wildman–Crippen LogP) is 3.30. The van der Waals surface area contributed by atoms with Gasteiger partial charge in [-0.25, -0.2) is 14.8 Å². The Labute approximate surface area is 174 Å². The zero-order chi connectivity index (χ0) is 20.4. The standard InChI is InChI=1S/C21H23ClN4O3/c1-3-29-21(27)20-17(11-15-5-4-6-16(22)14(15)2)26-13-19(23-12-18(26)24-20)25-7-9-28-10-8-25/h4-6,12-13H,3,7-11H2,1-2H3. The number of carbonyl (C=O) groups is 1. The fraction of sp³-hybridized carbons (Fsp3) is 0.381. The summed E-state index contributed by atoms with van der Waals surface area (Å²) in [5, 5.41) is 0.699. The average Bonchev–Trinajstić information content (AvgIpc) is 3.10. The molecule has 1 aromatic carbocycles. The van der Waals surface area contributed by atoms with Gasteiger partial charge < -0.3 is 14.4 Å². The average molecular weight is 415 g/mol. The summed E-state index contributed by atoms with van der Waals surface area (Å²) in [6.07, 6.45) is 4.14. The van der Waals surface area contributed by atoms with E-state index in [1.807, 2.05) is 35.7 Å². The molecule has 0 N–H and O–H groups in total. The maximum Gasteiger partial charge on any atom is 0.358 e. The number of esters is 1. The molecule has 1 saturated heterocycles. The third-order valence-electron chi connectivity index (χ3n) is 5.14. The molecule has 3 heterocycles. The number of nitrogens with zero attached hydrogens (tertiary/aromatic N) is 4. The molecule has 1 aliphatic heterocycles. The van der Waals surface area contributed by atoms with Gasteiger partial charge in [-0.1, -0.05) is 23.7 Å². The summed E-state index contributed by atoms with van der Waals surface area (Å²) in [4.78, 5) is 23.8. The first-order valence-electron chi connectivity index (χ1n) is 9.69. The van der Waals surface area contributed by atoms with E-state index in [0.29, 0.717) is 42.6 Å². The van der Waals surface area contributed by atoms with Crippen molar-refractivity contribution < 1.29 is 14.3 Å². The summed E-state index contributed by atoms with van der Waals surface area (Å²) in [5.74, 6) is 0.400. The molecular weight excluding hydrogens is 392 g/mol. The van der Waals surface area contributed by atoms with Crippen molar-refractivity contribution in [2.24, 2.45) is 0 Å². The van der Waals surface area contributed by atoms with Crippen molar-refractivity contribution in [1.82, 2.24) is 14.4 Å². The van der Waals surface area contributed by atoms with E-state index in [1.165, 1.54) is 0 Å². The molecule has 1 fully saturated rings. The van der Waals surface area contributed by atoms with Crippen LogP contribution >= 0.6 is 11.6 Å². The maximum atomic E-state index is 12.6. The van der Waals surface area contributed by atoms with Crippen LogP contribution in [0.3, 0.4) is 0 Å². The first-order valence-corrected chi connectivity index (χ1v) is 10.1.